The minimum absolute atomic E-state index is 0.325. The average molecular weight is 419 g/mol. The smallest absolute Gasteiger partial charge is 0.119 e. The van der Waals surface area contributed by atoms with Crippen LogP contribution in [-0.4, -0.2) is 83.8 Å². The number of piperazine rings is 1. The standard InChI is InChI=1S/C22H34N4O2S/c1-4-25-8-10-26(11-9-25)15-21(27)16-28-22-7-5-6-19(12-22)13-24(3)14-20-17-29-18(2)23-20/h5-7,12,17,21,27H,4,8-11,13-16H2,1-3H3/t21-/m1/s1. The van der Waals surface area contributed by atoms with E-state index in [-0.39, 0.29) is 0 Å². The van der Waals surface area contributed by atoms with Crippen LogP contribution < -0.4 is 4.74 Å². The van der Waals surface area contributed by atoms with Crippen LogP contribution in [0.4, 0.5) is 0 Å². The number of rotatable bonds is 10. The zero-order valence-corrected chi connectivity index (χ0v) is 18.7. The Morgan fingerprint density at radius 3 is 2.66 bits per heavy atom. The molecule has 3 rings (SSSR count). The second-order valence-corrected chi connectivity index (χ2v) is 8.94. The van der Waals surface area contributed by atoms with E-state index in [1.54, 1.807) is 11.3 Å². The molecule has 0 bridgehead atoms. The minimum Gasteiger partial charge on any atom is -0.491 e. The Hall–Kier alpha value is -1.51. The number of aliphatic hydroxyl groups is 1. The van der Waals surface area contributed by atoms with Crippen LogP contribution in [0.15, 0.2) is 29.6 Å². The van der Waals surface area contributed by atoms with E-state index < -0.39 is 6.10 Å². The maximum atomic E-state index is 10.4. The fourth-order valence-electron chi connectivity index (χ4n) is 3.69. The van der Waals surface area contributed by atoms with E-state index in [1.807, 2.05) is 19.1 Å². The van der Waals surface area contributed by atoms with Gasteiger partial charge in [-0.2, -0.15) is 0 Å². The Morgan fingerprint density at radius 2 is 1.97 bits per heavy atom. The first-order chi connectivity index (χ1) is 14.0. The first kappa shape index (κ1) is 22.2. The number of β-amino-alcohol motifs (C(OH)–C–C–N with tert-alkyl or cyclic N) is 1. The highest BCUT2D eigenvalue weighted by Crippen LogP contribution is 2.17. The molecule has 160 valence electrons. The fourth-order valence-corrected chi connectivity index (χ4v) is 4.29. The average Bonchev–Trinajstić information content (AvgIpc) is 3.11. The van der Waals surface area contributed by atoms with Gasteiger partial charge in [0.25, 0.3) is 0 Å². The first-order valence-electron chi connectivity index (χ1n) is 10.5. The molecule has 0 saturated carbocycles. The lowest BCUT2D eigenvalue weighted by molar-refractivity contribution is 0.0470. The van der Waals surface area contributed by atoms with Crippen LogP contribution in [0.2, 0.25) is 0 Å². The molecule has 6 nitrogen and oxygen atoms in total. The topological polar surface area (TPSA) is 52.1 Å². The Balaban J connectivity index is 1.42. The Kier molecular flexibility index (Phi) is 8.44. The Morgan fingerprint density at radius 1 is 1.21 bits per heavy atom. The molecule has 1 N–H and O–H groups in total. The van der Waals surface area contributed by atoms with Gasteiger partial charge in [0, 0.05) is 51.2 Å². The van der Waals surface area contributed by atoms with Crippen molar-refractivity contribution in [2.45, 2.75) is 33.0 Å². The lowest BCUT2D eigenvalue weighted by Gasteiger charge is -2.34. The molecule has 0 unspecified atom stereocenters. The van der Waals surface area contributed by atoms with Gasteiger partial charge in [-0.3, -0.25) is 9.80 Å². The molecule has 0 spiro atoms. The number of thiazole rings is 1. The van der Waals surface area contributed by atoms with Crippen LogP contribution >= 0.6 is 11.3 Å². The molecule has 0 amide bonds. The highest BCUT2D eigenvalue weighted by atomic mass is 32.1. The molecule has 1 aliphatic heterocycles. The van der Waals surface area contributed by atoms with Crippen molar-refractivity contribution in [3.63, 3.8) is 0 Å². The number of hydrogen-bond donors (Lipinski definition) is 1. The predicted molar refractivity (Wildman–Crippen MR) is 119 cm³/mol. The number of aryl methyl sites for hydroxylation is 1. The third-order valence-corrected chi connectivity index (χ3v) is 6.10. The van der Waals surface area contributed by atoms with Gasteiger partial charge >= 0.3 is 0 Å². The lowest BCUT2D eigenvalue weighted by atomic mass is 10.2. The molecule has 1 fully saturated rings. The summed E-state index contributed by atoms with van der Waals surface area (Å²) in [5, 5.41) is 13.6. The summed E-state index contributed by atoms with van der Waals surface area (Å²) in [6.45, 7) is 12.2. The largest absolute Gasteiger partial charge is 0.491 e. The third kappa shape index (κ3) is 7.35. The monoisotopic (exact) mass is 418 g/mol. The zero-order valence-electron chi connectivity index (χ0n) is 17.9. The Bertz CT molecular complexity index is 746. The van der Waals surface area contributed by atoms with E-state index in [0.717, 1.165) is 62.3 Å². The predicted octanol–water partition coefficient (Wildman–Crippen LogP) is 2.46. The van der Waals surface area contributed by atoms with Gasteiger partial charge in [0.15, 0.2) is 0 Å². The second kappa shape index (κ2) is 11.0. The van der Waals surface area contributed by atoms with E-state index in [2.05, 4.69) is 51.2 Å². The fraction of sp³-hybridized carbons (Fsp3) is 0.591. The molecule has 0 radical (unpaired) electrons. The van der Waals surface area contributed by atoms with Gasteiger partial charge in [0.05, 0.1) is 10.7 Å². The summed E-state index contributed by atoms with van der Waals surface area (Å²) in [6.07, 6.45) is -0.470. The SMILES string of the molecule is CCN1CCN(C[C@@H](O)COc2cccc(CN(C)Cc3csc(C)n3)c2)CC1. The molecule has 7 heteroatoms. The van der Waals surface area contributed by atoms with Crippen molar-refractivity contribution in [3.05, 3.63) is 45.9 Å². The number of aliphatic hydroxyl groups excluding tert-OH is 1. The van der Waals surface area contributed by atoms with Crippen LogP contribution in [0.25, 0.3) is 0 Å². The lowest BCUT2D eigenvalue weighted by Crippen LogP contribution is -2.49. The molecule has 2 aromatic rings. The molecule has 0 aliphatic carbocycles. The summed E-state index contributed by atoms with van der Waals surface area (Å²) in [6, 6.07) is 8.15. The van der Waals surface area contributed by atoms with Gasteiger partial charge in [-0.25, -0.2) is 4.98 Å². The molecular weight excluding hydrogens is 384 g/mol. The van der Waals surface area contributed by atoms with Gasteiger partial charge in [0.1, 0.15) is 18.5 Å². The van der Waals surface area contributed by atoms with Gasteiger partial charge in [0.2, 0.25) is 0 Å². The van der Waals surface area contributed by atoms with Crippen molar-refractivity contribution in [3.8, 4) is 5.75 Å². The van der Waals surface area contributed by atoms with Crippen LogP contribution in [0.5, 0.6) is 5.75 Å². The second-order valence-electron chi connectivity index (χ2n) is 7.88. The van der Waals surface area contributed by atoms with Crippen LogP contribution in [-0.2, 0) is 13.1 Å². The number of nitrogens with zero attached hydrogens (tertiary/aromatic N) is 4. The number of benzene rings is 1. The summed E-state index contributed by atoms with van der Waals surface area (Å²) >= 11 is 1.69. The number of likely N-dealkylation sites (N-methyl/N-ethyl adjacent to an activating group) is 1. The first-order valence-corrected chi connectivity index (χ1v) is 11.3. The summed E-state index contributed by atoms with van der Waals surface area (Å²) < 4.78 is 5.88. The molecule has 29 heavy (non-hydrogen) atoms. The van der Waals surface area contributed by atoms with Gasteiger partial charge < -0.3 is 14.7 Å². The van der Waals surface area contributed by atoms with E-state index in [0.29, 0.717) is 13.2 Å². The molecule has 1 aliphatic rings. The molecule has 1 aromatic carbocycles. The van der Waals surface area contributed by atoms with Gasteiger partial charge in [-0.15, -0.1) is 11.3 Å². The van der Waals surface area contributed by atoms with Crippen molar-refractivity contribution in [2.24, 2.45) is 0 Å². The molecule has 1 saturated heterocycles. The van der Waals surface area contributed by atoms with Crippen molar-refractivity contribution in [1.29, 1.82) is 0 Å². The van der Waals surface area contributed by atoms with Crippen LogP contribution in [0.3, 0.4) is 0 Å². The normalized spacial score (nSPS) is 17.0. The molecule has 2 heterocycles. The van der Waals surface area contributed by atoms with E-state index in [1.165, 1.54) is 5.56 Å². The minimum atomic E-state index is -0.470. The van der Waals surface area contributed by atoms with Gasteiger partial charge in [-0.05, 0) is 38.2 Å². The van der Waals surface area contributed by atoms with Crippen molar-refractivity contribution >= 4 is 11.3 Å². The number of ether oxygens (including phenoxy) is 1. The quantitative estimate of drug-likeness (QED) is 0.640. The van der Waals surface area contributed by atoms with Gasteiger partial charge in [-0.1, -0.05) is 19.1 Å². The van der Waals surface area contributed by atoms with E-state index in [4.69, 9.17) is 4.74 Å². The highest BCUT2D eigenvalue weighted by Gasteiger charge is 2.18. The molecule has 1 atom stereocenters. The maximum Gasteiger partial charge on any atom is 0.119 e. The molecule has 1 aromatic heterocycles. The molecular formula is C22H34N4O2S. The van der Waals surface area contributed by atoms with Crippen LogP contribution in [0.1, 0.15) is 23.2 Å². The summed E-state index contributed by atoms with van der Waals surface area (Å²) in [7, 11) is 2.10. The number of aromatic nitrogens is 1. The maximum absolute atomic E-state index is 10.4. The van der Waals surface area contributed by atoms with Crippen molar-refractivity contribution in [1.82, 2.24) is 19.7 Å². The van der Waals surface area contributed by atoms with Crippen molar-refractivity contribution < 1.29 is 9.84 Å². The van der Waals surface area contributed by atoms with E-state index in [9.17, 15) is 5.11 Å². The highest BCUT2D eigenvalue weighted by molar-refractivity contribution is 7.09. The van der Waals surface area contributed by atoms with Crippen LogP contribution in [0, 0.1) is 6.92 Å². The summed E-state index contributed by atoms with van der Waals surface area (Å²) in [5.41, 5.74) is 2.31. The number of hydrogen-bond acceptors (Lipinski definition) is 7. The van der Waals surface area contributed by atoms with E-state index >= 15 is 0 Å². The summed E-state index contributed by atoms with van der Waals surface area (Å²) in [5.74, 6) is 0.815. The summed E-state index contributed by atoms with van der Waals surface area (Å²) in [4.78, 5) is 11.5. The third-order valence-electron chi connectivity index (χ3n) is 5.27. The zero-order chi connectivity index (χ0) is 20.6. The Labute approximate surface area is 178 Å². The van der Waals surface area contributed by atoms with Crippen molar-refractivity contribution in [2.75, 3.05) is 52.9 Å².